The second-order valence-corrected chi connectivity index (χ2v) is 6.09. The molecule has 22 heavy (non-hydrogen) atoms. The zero-order valence-electron chi connectivity index (χ0n) is 12.0. The third kappa shape index (κ3) is 4.96. The van der Waals surface area contributed by atoms with Crippen LogP contribution in [0, 0.1) is 5.92 Å². The number of benzene rings is 1. The van der Waals surface area contributed by atoms with Gasteiger partial charge < -0.3 is 0 Å². The highest BCUT2D eigenvalue weighted by molar-refractivity contribution is 7.80. The number of hydrazine groups is 1. The summed E-state index contributed by atoms with van der Waals surface area (Å²) in [5.74, 6) is -0.446. The van der Waals surface area contributed by atoms with Crippen molar-refractivity contribution in [1.82, 2.24) is 16.2 Å². The molecule has 0 aliphatic heterocycles. The maximum Gasteiger partial charge on any atom is 0.257 e. The highest BCUT2D eigenvalue weighted by Gasteiger charge is 2.21. The van der Waals surface area contributed by atoms with E-state index in [9.17, 15) is 9.59 Å². The van der Waals surface area contributed by atoms with Crippen LogP contribution in [0.3, 0.4) is 0 Å². The van der Waals surface area contributed by atoms with Crippen molar-refractivity contribution < 1.29 is 9.59 Å². The van der Waals surface area contributed by atoms with E-state index in [1.54, 1.807) is 24.3 Å². The van der Waals surface area contributed by atoms with Gasteiger partial charge in [0.2, 0.25) is 5.91 Å². The summed E-state index contributed by atoms with van der Waals surface area (Å²) in [5, 5.41) is 3.01. The molecule has 7 heteroatoms. The monoisotopic (exact) mass is 339 g/mol. The average molecular weight is 340 g/mol. The van der Waals surface area contributed by atoms with E-state index in [1.165, 1.54) is 6.42 Å². The highest BCUT2D eigenvalue weighted by Crippen LogP contribution is 2.23. The van der Waals surface area contributed by atoms with Crippen LogP contribution in [0.1, 0.15) is 42.5 Å². The Kier molecular flexibility index (Phi) is 6.15. The minimum atomic E-state index is -0.382. The summed E-state index contributed by atoms with van der Waals surface area (Å²) in [5.41, 5.74) is 5.51. The van der Waals surface area contributed by atoms with Gasteiger partial charge in [-0.1, -0.05) is 36.9 Å². The first-order valence-electron chi connectivity index (χ1n) is 7.23. The second kappa shape index (κ2) is 8.10. The Hall–Kier alpha value is -1.66. The fourth-order valence-corrected chi connectivity index (χ4v) is 2.76. The highest BCUT2D eigenvalue weighted by atomic mass is 35.5. The van der Waals surface area contributed by atoms with E-state index < -0.39 is 0 Å². The van der Waals surface area contributed by atoms with E-state index in [0.29, 0.717) is 10.6 Å². The number of nitrogens with one attached hydrogen (secondary N) is 3. The molecule has 0 radical (unpaired) electrons. The van der Waals surface area contributed by atoms with Crippen LogP contribution in [0.5, 0.6) is 0 Å². The van der Waals surface area contributed by atoms with Crippen LogP contribution < -0.4 is 16.2 Å². The van der Waals surface area contributed by atoms with E-state index in [2.05, 4.69) is 16.2 Å². The third-order valence-corrected chi connectivity index (χ3v) is 4.03. The molecule has 0 spiro atoms. The molecule has 1 aliphatic carbocycles. The molecule has 2 rings (SSSR count). The van der Waals surface area contributed by atoms with Gasteiger partial charge in [-0.3, -0.25) is 25.8 Å². The van der Waals surface area contributed by atoms with Crippen molar-refractivity contribution in [3.63, 3.8) is 0 Å². The van der Waals surface area contributed by atoms with E-state index in [-0.39, 0.29) is 22.8 Å². The molecule has 5 nitrogen and oxygen atoms in total. The summed E-state index contributed by atoms with van der Waals surface area (Å²) in [7, 11) is 0. The lowest BCUT2D eigenvalue weighted by atomic mass is 9.89. The Bertz CT molecular complexity index is 574. The van der Waals surface area contributed by atoms with Crippen molar-refractivity contribution in [2.75, 3.05) is 0 Å². The van der Waals surface area contributed by atoms with Gasteiger partial charge >= 0.3 is 0 Å². The van der Waals surface area contributed by atoms with Crippen molar-refractivity contribution in [2.24, 2.45) is 5.92 Å². The number of halogens is 1. The first kappa shape index (κ1) is 16.7. The lowest BCUT2D eigenvalue weighted by Crippen LogP contribution is -2.50. The summed E-state index contributed by atoms with van der Waals surface area (Å²) in [4.78, 5) is 23.9. The number of hydrogen-bond donors (Lipinski definition) is 3. The Balaban J connectivity index is 1.77. The standard InChI is InChI=1S/C15H18ClN3O2S/c16-12-8-4-7-11(9-12)13(20)17-15(22)19-18-14(21)10-5-2-1-3-6-10/h4,7-10H,1-3,5-6H2,(H,18,21)(H2,17,19,20,22). The van der Waals surface area contributed by atoms with Gasteiger partial charge in [-0.15, -0.1) is 0 Å². The van der Waals surface area contributed by atoms with Gasteiger partial charge in [-0.05, 0) is 43.3 Å². The quantitative estimate of drug-likeness (QED) is 0.572. The van der Waals surface area contributed by atoms with Crippen LogP contribution >= 0.6 is 23.8 Å². The molecular formula is C15H18ClN3O2S. The smallest absolute Gasteiger partial charge is 0.257 e. The van der Waals surface area contributed by atoms with Crippen LogP contribution in [0.2, 0.25) is 5.02 Å². The largest absolute Gasteiger partial charge is 0.298 e. The molecule has 1 saturated carbocycles. The molecule has 1 fully saturated rings. The molecule has 0 bridgehead atoms. The van der Waals surface area contributed by atoms with Crippen molar-refractivity contribution in [2.45, 2.75) is 32.1 Å². The van der Waals surface area contributed by atoms with E-state index in [4.69, 9.17) is 23.8 Å². The van der Waals surface area contributed by atoms with Crippen molar-refractivity contribution in [3.8, 4) is 0 Å². The third-order valence-electron chi connectivity index (χ3n) is 3.59. The van der Waals surface area contributed by atoms with Gasteiger partial charge in [0, 0.05) is 16.5 Å². The molecular weight excluding hydrogens is 322 g/mol. The average Bonchev–Trinajstić information content (AvgIpc) is 2.53. The summed E-state index contributed by atoms with van der Waals surface area (Å²) < 4.78 is 0. The summed E-state index contributed by atoms with van der Waals surface area (Å²) in [6.45, 7) is 0. The molecule has 0 heterocycles. The fraction of sp³-hybridized carbons (Fsp3) is 0.400. The lowest BCUT2D eigenvalue weighted by molar-refractivity contribution is -0.126. The minimum Gasteiger partial charge on any atom is -0.298 e. The van der Waals surface area contributed by atoms with E-state index in [0.717, 1.165) is 25.7 Å². The van der Waals surface area contributed by atoms with Gasteiger partial charge in [0.05, 0.1) is 0 Å². The van der Waals surface area contributed by atoms with Gasteiger partial charge in [-0.25, -0.2) is 0 Å². The van der Waals surface area contributed by atoms with Gasteiger partial charge in [0.25, 0.3) is 5.91 Å². The number of carbonyl (C=O) groups is 2. The molecule has 0 saturated heterocycles. The molecule has 0 aromatic heterocycles. The molecule has 0 unspecified atom stereocenters. The predicted octanol–water partition coefficient (Wildman–Crippen LogP) is 2.56. The maximum absolute atomic E-state index is 11.9. The van der Waals surface area contributed by atoms with Crippen LogP contribution in [0.15, 0.2) is 24.3 Å². The Morgan fingerprint density at radius 2 is 1.86 bits per heavy atom. The zero-order chi connectivity index (χ0) is 15.9. The predicted molar refractivity (Wildman–Crippen MR) is 89.4 cm³/mol. The SMILES string of the molecule is O=C(NC(=S)NNC(=O)C1CCCCC1)c1cccc(Cl)c1. The number of carbonyl (C=O) groups excluding carboxylic acids is 2. The van der Waals surface area contributed by atoms with E-state index in [1.807, 2.05) is 0 Å². The van der Waals surface area contributed by atoms with E-state index >= 15 is 0 Å². The molecule has 2 amide bonds. The molecule has 1 aromatic carbocycles. The van der Waals surface area contributed by atoms with Crippen molar-refractivity contribution in [1.29, 1.82) is 0 Å². The van der Waals surface area contributed by atoms with Gasteiger partial charge in [0.15, 0.2) is 5.11 Å². The Morgan fingerprint density at radius 1 is 1.14 bits per heavy atom. The maximum atomic E-state index is 11.9. The summed E-state index contributed by atoms with van der Waals surface area (Å²) >= 11 is 10.8. The van der Waals surface area contributed by atoms with Gasteiger partial charge in [0.1, 0.15) is 0 Å². The fourth-order valence-electron chi connectivity index (χ4n) is 2.42. The number of hydrogen-bond acceptors (Lipinski definition) is 3. The number of amides is 2. The van der Waals surface area contributed by atoms with Crippen LogP contribution in [-0.4, -0.2) is 16.9 Å². The normalized spacial score (nSPS) is 15.0. The van der Waals surface area contributed by atoms with Crippen LogP contribution in [-0.2, 0) is 4.79 Å². The van der Waals surface area contributed by atoms with Crippen LogP contribution in [0.4, 0.5) is 0 Å². The van der Waals surface area contributed by atoms with Crippen molar-refractivity contribution >= 4 is 40.7 Å². The van der Waals surface area contributed by atoms with Crippen LogP contribution in [0.25, 0.3) is 0 Å². The number of rotatable bonds is 2. The first-order chi connectivity index (χ1) is 10.6. The summed E-state index contributed by atoms with van der Waals surface area (Å²) in [6.07, 6.45) is 5.14. The van der Waals surface area contributed by atoms with Gasteiger partial charge in [-0.2, -0.15) is 0 Å². The topological polar surface area (TPSA) is 70.2 Å². The summed E-state index contributed by atoms with van der Waals surface area (Å²) in [6, 6.07) is 6.53. The molecule has 3 N–H and O–H groups in total. The first-order valence-corrected chi connectivity index (χ1v) is 8.01. The van der Waals surface area contributed by atoms with Crippen molar-refractivity contribution in [3.05, 3.63) is 34.9 Å². The molecule has 1 aromatic rings. The minimum absolute atomic E-state index is 0.0210. The second-order valence-electron chi connectivity index (χ2n) is 5.24. The molecule has 0 atom stereocenters. The molecule has 118 valence electrons. The lowest BCUT2D eigenvalue weighted by Gasteiger charge is -2.21. The number of thiocarbonyl (C=S) groups is 1. The molecule has 1 aliphatic rings. The Labute approximate surface area is 139 Å². The Morgan fingerprint density at radius 3 is 2.55 bits per heavy atom. The zero-order valence-corrected chi connectivity index (χ0v) is 13.6.